The number of guanidine groups is 1. The number of likely N-dealkylation sites (tertiary alicyclic amines) is 1. The SMILES string of the molecule is CC(CN=C(N)Nc1ccccc1)N1CCCC1. The summed E-state index contributed by atoms with van der Waals surface area (Å²) in [5, 5.41) is 3.10. The Morgan fingerprint density at radius 3 is 2.67 bits per heavy atom. The van der Waals surface area contributed by atoms with E-state index >= 15 is 0 Å². The second-order valence-corrected chi connectivity index (χ2v) is 4.81. The van der Waals surface area contributed by atoms with E-state index in [-0.39, 0.29) is 0 Å². The topological polar surface area (TPSA) is 53.6 Å². The van der Waals surface area contributed by atoms with Crippen LogP contribution in [0.15, 0.2) is 35.3 Å². The minimum Gasteiger partial charge on any atom is -0.370 e. The molecule has 0 aliphatic carbocycles. The molecule has 0 spiro atoms. The van der Waals surface area contributed by atoms with Crippen LogP contribution in [0.25, 0.3) is 0 Å². The molecule has 1 unspecified atom stereocenters. The summed E-state index contributed by atoms with van der Waals surface area (Å²) < 4.78 is 0. The molecule has 1 fully saturated rings. The molecular formula is C14H22N4. The molecular weight excluding hydrogens is 224 g/mol. The average Bonchev–Trinajstić information content (AvgIpc) is 2.91. The Morgan fingerprint density at radius 2 is 2.00 bits per heavy atom. The van der Waals surface area contributed by atoms with Gasteiger partial charge in [-0.15, -0.1) is 0 Å². The fraction of sp³-hybridized carbons (Fsp3) is 0.500. The highest BCUT2D eigenvalue weighted by atomic mass is 15.2. The summed E-state index contributed by atoms with van der Waals surface area (Å²) in [5.74, 6) is 0.493. The lowest BCUT2D eigenvalue weighted by molar-refractivity contribution is 0.265. The predicted molar refractivity (Wildman–Crippen MR) is 76.8 cm³/mol. The van der Waals surface area contributed by atoms with Gasteiger partial charge in [0, 0.05) is 11.7 Å². The first-order valence-corrected chi connectivity index (χ1v) is 6.62. The molecule has 1 aromatic rings. The van der Waals surface area contributed by atoms with Crippen molar-refractivity contribution in [2.75, 3.05) is 25.0 Å². The highest BCUT2D eigenvalue weighted by Crippen LogP contribution is 2.11. The summed E-state index contributed by atoms with van der Waals surface area (Å²) in [7, 11) is 0. The van der Waals surface area contributed by atoms with Crippen molar-refractivity contribution in [1.29, 1.82) is 0 Å². The van der Waals surface area contributed by atoms with Crippen LogP contribution in [0.3, 0.4) is 0 Å². The third kappa shape index (κ3) is 3.74. The Kier molecular flexibility index (Phi) is 4.59. The monoisotopic (exact) mass is 246 g/mol. The quantitative estimate of drug-likeness (QED) is 0.630. The molecule has 4 heteroatoms. The molecule has 4 nitrogen and oxygen atoms in total. The summed E-state index contributed by atoms with van der Waals surface area (Å²) in [5.41, 5.74) is 6.85. The Hall–Kier alpha value is -1.55. The molecule has 98 valence electrons. The molecule has 1 saturated heterocycles. The molecule has 1 heterocycles. The molecule has 1 atom stereocenters. The van der Waals surface area contributed by atoms with Gasteiger partial charge in [0.2, 0.25) is 0 Å². The molecule has 3 N–H and O–H groups in total. The van der Waals surface area contributed by atoms with Crippen molar-refractivity contribution >= 4 is 11.6 Å². The first-order chi connectivity index (χ1) is 8.75. The zero-order chi connectivity index (χ0) is 12.8. The van der Waals surface area contributed by atoms with Crippen molar-refractivity contribution in [3.63, 3.8) is 0 Å². The number of nitrogens with two attached hydrogens (primary N) is 1. The number of rotatable bonds is 4. The minimum absolute atomic E-state index is 0.476. The first kappa shape index (κ1) is 12.9. The smallest absolute Gasteiger partial charge is 0.193 e. The second-order valence-electron chi connectivity index (χ2n) is 4.81. The van der Waals surface area contributed by atoms with Crippen LogP contribution < -0.4 is 11.1 Å². The highest BCUT2D eigenvalue weighted by molar-refractivity contribution is 5.92. The normalized spacial score (nSPS) is 18.8. The molecule has 0 bridgehead atoms. The van der Waals surface area contributed by atoms with E-state index in [1.807, 2.05) is 30.3 Å². The van der Waals surface area contributed by atoms with Crippen LogP contribution in [-0.2, 0) is 0 Å². The van der Waals surface area contributed by atoms with Gasteiger partial charge in [-0.05, 0) is 45.0 Å². The van der Waals surface area contributed by atoms with E-state index < -0.39 is 0 Å². The van der Waals surface area contributed by atoms with Crippen LogP contribution in [-0.4, -0.2) is 36.5 Å². The molecule has 1 aliphatic rings. The maximum atomic E-state index is 5.87. The summed E-state index contributed by atoms with van der Waals surface area (Å²) in [6.45, 7) is 5.36. The van der Waals surface area contributed by atoms with Crippen molar-refractivity contribution in [3.05, 3.63) is 30.3 Å². The molecule has 0 amide bonds. The number of anilines is 1. The van der Waals surface area contributed by atoms with Crippen LogP contribution in [0.2, 0.25) is 0 Å². The van der Waals surface area contributed by atoms with E-state index in [1.54, 1.807) is 0 Å². The van der Waals surface area contributed by atoms with E-state index in [9.17, 15) is 0 Å². The van der Waals surface area contributed by atoms with Crippen molar-refractivity contribution in [2.45, 2.75) is 25.8 Å². The molecule has 18 heavy (non-hydrogen) atoms. The van der Waals surface area contributed by atoms with E-state index in [0.29, 0.717) is 12.0 Å². The van der Waals surface area contributed by atoms with Gasteiger partial charge in [0.15, 0.2) is 5.96 Å². The van der Waals surface area contributed by atoms with Gasteiger partial charge < -0.3 is 11.1 Å². The lowest BCUT2D eigenvalue weighted by Crippen LogP contribution is -2.34. The van der Waals surface area contributed by atoms with Gasteiger partial charge >= 0.3 is 0 Å². The zero-order valence-corrected chi connectivity index (χ0v) is 11.0. The van der Waals surface area contributed by atoms with Gasteiger partial charge in [0.1, 0.15) is 0 Å². The van der Waals surface area contributed by atoms with Crippen LogP contribution >= 0.6 is 0 Å². The lowest BCUT2D eigenvalue weighted by Gasteiger charge is -2.21. The maximum Gasteiger partial charge on any atom is 0.193 e. The summed E-state index contributed by atoms with van der Waals surface area (Å²) in [4.78, 5) is 6.88. The van der Waals surface area contributed by atoms with Gasteiger partial charge in [0.25, 0.3) is 0 Å². The van der Waals surface area contributed by atoms with Crippen LogP contribution in [0.5, 0.6) is 0 Å². The summed E-state index contributed by atoms with van der Waals surface area (Å²) in [6.07, 6.45) is 2.62. The van der Waals surface area contributed by atoms with E-state index in [2.05, 4.69) is 22.1 Å². The highest BCUT2D eigenvalue weighted by Gasteiger charge is 2.17. The number of benzene rings is 1. The Morgan fingerprint density at radius 1 is 1.33 bits per heavy atom. The lowest BCUT2D eigenvalue weighted by atomic mass is 10.3. The predicted octanol–water partition coefficient (Wildman–Crippen LogP) is 1.90. The van der Waals surface area contributed by atoms with Crippen molar-refractivity contribution in [2.24, 2.45) is 10.7 Å². The Labute approximate surface area is 109 Å². The van der Waals surface area contributed by atoms with Gasteiger partial charge in [0.05, 0.1) is 6.54 Å². The molecule has 0 aromatic heterocycles. The standard InChI is InChI=1S/C14H22N4/c1-12(18-9-5-6-10-18)11-16-14(15)17-13-7-3-2-4-8-13/h2-4,7-8,12H,5-6,9-11H2,1H3,(H3,15,16,17). The van der Waals surface area contributed by atoms with Gasteiger partial charge in [-0.2, -0.15) is 0 Å². The summed E-state index contributed by atoms with van der Waals surface area (Å²) >= 11 is 0. The molecule has 1 aliphatic heterocycles. The molecule has 0 saturated carbocycles. The maximum absolute atomic E-state index is 5.87. The van der Waals surface area contributed by atoms with Gasteiger partial charge in [-0.1, -0.05) is 18.2 Å². The number of nitrogens with zero attached hydrogens (tertiary/aromatic N) is 2. The van der Waals surface area contributed by atoms with Crippen molar-refractivity contribution in [3.8, 4) is 0 Å². The number of hydrogen-bond acceptors (Lipinski definition) is 2. The molecule has 2 rings (SSSR count). The largest absolute Gasteiger partial charge is 0.370 e. The van der Waals surface area contributed by atoms with E-state index in [4.69, 9.17) is 5.73 Å². The number of nitrogens with one attached hydrogen (secondary N) is 1. The van der Waals surface area contributed by atoms with Crippen LogP contribution in [0.4, 0.5) is 5.69 Å². The Balaban J connectivity index is 1.81. The second kappa shape index (κ2) is 6.40. The fourth-order valence-corrected chi connectivity index (χ4v) is 2.24. The fourth-order valence-electron chi connectivity index (χ4n) is 2.24. The van der Waals surface area contributed by atoms with E-state index in [0.717, 1.165) is 12.2 Å². The first-order valence-electron chi connectivity index (χ1n) is 6.62. The summed E-state index contributed by atoms with van der Waals surface area (Å²) in [6, 6.07) is 10.4. The van der Waals surface area contributed by atoms with Crippen molar-refractivity contribution < 1.29 is 0 Å². The zero-order valence-electron chi connectivity index (χ0n) is 11.0. The Bertz CT molecular complexity index is 382. The minimum atomic E-state index is 0.476. The number of hydrogen-bond donors (Lipinski definition) is 2. The third-order valence-electron chi connectivity index (χ3n) is 3.34. The number of para-hydroxylation sites is 1. The van der Waals surface area contributed by atoms with Gasteiger partial charge in [-0.3, -0.25) is 9.89 Å². The van der Waals surface area contributed by atoms with E-state index in [1.165, 1.54) is 25.9 Å². The van der Waals surface area contributed by atoms with Crippen LogP contribution in [0, 0.1) is 0 Å². The third-order valence-corrected chi connectivity index (χ3v) is 3.34. The van der Waals surface area contributed by atoms with Crippen molar-refractivity contribution in [1.82, 2.24) is 4.90 Å². The average molecular weight is 246 g/mol. The molecule has 0 radical (unpaired) electrons. The van der Waals surface area contributed by atoms with Crippen LogP contribution in [0.1, 0.15) is 19.8 Å². The molecule has 1 aromatic carbocycles. The number of aliphatic imine (C=N–C) groups is 1. The van der Waals surface area contributed by atoms with Gasteiger partial charge in [-0.25, -0.2) is 0 Å².